The van der Waals surface area contributed by atoms with E-state index >= 15 is 0 Å². The normalized spacial score (nSPS) is 24.2. The molecule has 0 aromatic carbocycles. The van der Waals surface area contributed by atoms with Gasteiger partial charge in [-0.2, -0.15) is 0 Å². The zero-order valence-corrected chi connectivity index (χ0v) is 8.96. The maximum Gasteiger partial charge on any atom is 0.0695 e. The summed E-state index contributed by atoms with van der Waals surface area (Å²) in [6.07, 6.45) is 7.11. The van der Waals surface area contributed by atoms with E-state index in [0.29, 0.717) is 0 Å². The lowest BCUT2D eigenvalue weighted by molar-refractivity contribution is 0.0204. The average Bonchev–Trinajstić information content (AvgIpc) is 2.15. The summed E-state index contributed by atoms with van der Waals surface area (Å²) in [5.74, 6) is 0.801. The molecule has 0 bridgehead atoms. The maximum absolute atomic E-state index is 5.73. The Labute approximate surface area is 81.8 Å². The molecule has 13 heavy (non-hydrogen) atoms. The van der Waals surface area contributed by atoms with Gasteiger partial charge in [0.15, 0.2) is 0 Å². The third-order valence-electron chi connectivity index (χ3n) is 3.06. The number of hydrogen-bond acceptors (Lipinski definition) is 2. The van der Waals surface area contributed by atoms with Gasteiger partial charge in [0.1, 0.15) is 0 Å². The Morgan fingerprint density at radius 2 is 1.85 bits per heavy atom. The van der Waals surface area contributed by atoms with Crippen LogP contribution in [0, 0.1) is 5.92 Å². The fourth-order valence-electron chi connectivity index (χ4n) is 1.79. The lowest BCUT2D eigenvalue weighted by atomic mass is 9.90. The van der Waals surface area contributed by atoms with Crippen molar-refractivity contribution in [1.29, 1.82) is 0 Å². The molecule has 1 fully saturated rings. The van der Waals surface area contributed by atoms with Gasteiger partial charge >= 0.3 is 0 Å². The van der Waals surface area contributed by atoms with Gasteiger partial charge in [-0.25, -0.2) is 0 Å². The molecule has 0 aliphatic heterocycles. The van der Waals surface area contributed by atoms with Gasteiger partial charge in [-0.3, -0.25) is 0 Å². The van der Waals surface area contributed by atoms with E-state index in [1.54, 1.807) is 0 Å². The summed E-state index contributed by atoms with van der Waals surface area (Å²) in [7, 11) is 0. The summed E-state index contributed by atoms with van der Waals surface area (Å²) in [6, 6.07) is 0.156. The summed E-state index contributed by atoms with van der Waals surface area (Å²) < 4.78 is 5.72. The van der Waals surface area contributed by atoms with Gasteiger partial charge in [0.2, 0.25) is 0 Å². The minimum absolute atomic E-state index is 0.156. The van der Waals surface area contributed by atoms with Crippen LogP contribution in [0.5, 0.6) is 0 Å². The van der Waals surface area contributed by atoms with Gasteiger partial charge in [-0.05, 0) is 32.6 Å². The van der Waals surface area contributed by atoms with Gasteiger partial charge in [0.05, 0.1) is 6.10 Å². The fraction of sp³-hybridized carbons (Fsp3) is 1.00. The molecule has 0 aromatic rings. The first-order valence-corrected chi connectivity index (χ1v) is 5.57. The molecule has 2 N–H and O–H groups in total. The molecule has 2 unspecified atom stereocenters. The maximum atomic E-state index is 5.73. The van der Waals surface area contributed by atoms with Gasteiger partial charge in [0.25, 0.3) is 0 Å². The molecule has 0 radical (unpaired) electrons. The van der Waals surface area contributed by atoms with Crippen molar-refractivity contribution in [1.82, 2.24) is 0 Å². The van der Waals surface area contributed by atoms with Crippen LogP contribution in [-0.4, -0.2) is 18.8 Å². The molecule has 0 amide bonds. The minimum Gasteiger partial charge on any atom is -0.377 e. The summed E-state index contributed by atoms with van der Waals surface area (Å²) in [5, 5.41) is 0. The van der Waals surface area contributed by atoms with Crippen LogP contribution in [0.1, 0.15) is 46.0 Å². The Bertz CT molecular complexity index is 130. The number of hydrogen-bond donors (Lipinski definition) is 1. The minimum atomic E-state index is 0.156. The van der Waals surface area contributed by atoms with E-state index in [9.17, 15) is 0 Å². The van der Waals surface area contributed by atoms with E-state index in [0.717, 1.165) is 12.5 Å². The number of nitrogens with two attached hydrogens (primary N) is 1. The van der Waals surface area contributed by atoms with Crippen molar-refractivity contribution in [3.63, 3.8) is 0 Å². The van der Waals surface area contributed by atoms with E-state index < -0.39 is 0 Å². The second kappa shape index (κ2) is 5.61. The molecule has 78 valence electrons. The van der Waals surface area contributed by atoms with Crippen molar-refractivity contribution in [2.45, 2.75) is 58.1 Å². The molecule has 1 saturated carbocycles. The van der Waals surface area contributed by atoms with E-state index in [1.165, 1.54) is 32.1 Å². The molecular weight excluding hydrogens is 162 g/mol. The second-order valence-corrected chi connectivity index (χ2v) is 4.40. The van der Waals surface area contributed by atoms with Gasteiger partial charge < -0.3 is 10.5 Å². The summed E-state index contributed by atoms with van der Waals surface area (Å²) in [4.78, 5) is 0. The molecule has 0 saturated heterocycles. The monoisotopic (exact) mass is 185 g/mol. The molecule has 2 nitrogen and oxygen atoms in total. The highest BCUT2D eigenvalue weighted by atomic mass is 16.5. The molecule has 0 heterocycles. The second-order valence-electron chi connectivity index (χ2n) is 4.40. The Morgan fingerprint density at radius 1 is 1.23 bits per heavy atom. The Morgan fingerprint density at radius 3 is 2.38 bits per heavy atom. The number of rotatable bonds is 4. The quantitative estimate of drug-likeness (QED) is 0.729. The van der Waals surface area contributed by atoms with Gasteiger partial charge in [-0.1, -0.05) is 19.3 Å². The zero-order valence-electron chi connectivity index (χ0n) is 8.96. The molecular formula is C11H23NO. The third kappa shape index (κ3) is 4.10. The predicted octanol–water partition coefficient (Wildman–Crippen LogP) is 2.32. The number of ether oxygens (including phenoxy) is 1. The van der Waals surface area contributed by atoms with Crippen molar-refractivity contribution in [3.8, 4) is 0 Å². The van der Waals surface area contributed by atoms with Crippen LogP contribution in [0.15, 0.2) is 0 Å². The first kappa shape index (κ1) is 11.0. The van der Waals surface area contributed by atoms with E-state index in [2.05, 4.69) is 6.92 Å². The highest BCUT2D eigenvalue weighted by Crippen LogP contribution is 2.24. The van der Waals surface area contributed by atoms with Crippen LogP contribution in [0.2, 0.25) is 0 Å². The molecule has 2 atom stereocenters. The van der Waals surface area contributed by atoms with Gasteiger partial charge in [-0.15, -0.1) is 0 Å². The van der Waals surface area contributed by atoms with E-state index in [4.69, 9.17) is 10.5 Å². The first-order chi connectivity index (χ1) is 6.20. The van der Waals surface area contributed by atoms with E-state index in [-0.39, 0.29) is 12.1 Å². The average molecular weight is 185 g/mol. The standard InChI is InChI=1S/C11H23NO/c1-9(12)10(2)13-8-11-6-4-3-5-7-11/h9-11H,3-8,12H2,1-2H3. The van der Waals surface area contributed by atoms with Crippen molar-refractivity contribution < 1.29 is 4.74 Å². The van der Waals surface area contributed by atoms with Crippen LogP contribution >= 0.6 is 0 Å². The lowest BCUT2D eigenvalue weighted by Crippen LogP contribution is -2.33. The third-order valence-corrected chi connectivity index (χ3v) is 3.06. The molecule has 0 spiro atoms. The lowest BCUT2D eigenvalue weighted by Gasteiger charge is -2.24. The van der Waals surface area contributed by atoms with Crippen LogP contribution < -0.4 is 5.73 Å². The Hall–Kier alpha value is -0.0800. The summed E-state index contributed by atoms with van der Waals surface area (Å²) in [5.41, 5.74) is 5.73. The van der Waals surface area contributed by atoms with Crippen LogP contribution in [0.25, 0.3) is 0 Å². The van der Waals surface area contributed by atoms with Crippen LogP contribution in [-0.2, 0) is 4.74 Å². The molecule has 2 heteroatoms. The topological polar surface area (TPSA) is 35.2 Å². The smallest absolute Gasteiger partial charge is 0.0695 e. The first-order valence-electron chi connectivity index (χ1n) is 5.57. The SMILES string of the molecule is CC(N)C(C)OCC1CCCCC1. The fourth-order valence-corrected chi connectivity index (χ4v) is 1.79. The van der Waals surface area contributed by atoms with Crippen molar-refractivity contribution >= 4 is 0 Å². The van der Waals surface area contributed by atoms with Crippen molar-refractivity contribution in [2.75, 3.05) is 6.61 Å². The van der Waals surface area contributed by atoms with Gasteiger partial charge in [0, 0.05) is 12.6 Å². The highest BCUT2D eigenvalue weighted by molar-refractivity contribution is 4.67. The molecule has 1 rings (SSSR count). The van der Waals surface area contributed by atoms with Crippen LogP contribution in [0.4, 0.5) is 0 Å². The summed E-state index contributed by atoms with van der Waals surface area (Å²) >= 11 is 0. The molecule has 1 aliphatic carbocycles. The Kier molecular flexibility index (Phi) is 4.74. The summed E-state index contributed by atoms with van der Waals surface area (Å²) in [6.45, 7) is 4.99. The van der Waals surface area contributed by atoms with Crippen LogP contribution in [0.3, 0.4) is 0 Å². The molecule has 0 aromatic heterocycles. The predicted molar refractivity (Wildman–Crippen MR) is 55.6 cm³/mol. The Balaban J connectivity index is 2.10. The van der Waals surface area contributed by atoms with Crippen molar-refractivity contribution in [3.05, 3.63) is 0 Å². The zero-order chi connectivity index (χ0) is 9.68. The molecule has 1 aliphatic rings. The van der Waals surface area contributed by atoms with Crippen molar-refractivity contribution in [2.24, 2.45) is 11.7 Å². The van der Waals surface area contributed by atoms with E-state index in [1.807, 2.05) is 6.92 Å². The largest absolute Gasteiger partial charge is 0.377 e. The highest BCUT2D eigenvalue weighted by Gasteiger charge is 2.15.